The fourth-order valence-corrected chi connectivity index (χ4v) is 4.68. The molecule has 0 amide bonds. The number of nitrogens with one attached hydrogen (secondary N) is 2. The first kappa shape index (κ1) is 20.6. The Bertz CT molecular complexity index is 1050. The van der Waals surface area contributed by atoms with Crippen LogP contribution in [0, 0.1) is 17.2 Å². The van der Waals surface area contributed by atoms with E-state index in [1.54, 1.807) is 26.4 Å². The van der Waals surface area contributed by atoms with E-state index in [0.29, 0.717) is 27.1 Å². The number of nitrogens with zero attached hydrogens (tertiary/aromatic N) is 1. The summed E-state index contributed by atoms with van der Waals surface area (Å²) in [4.78, 5) is 0. The van der Waals surface area contributed by atoms with Crippen LogP contribution in [-0.4, -0.2) is 20.4 Å². The van der Waals surface area contributed by atoms with Crippen molar-refractivity contribution in [2.75, 3.05) is 14.2 Å². The first-order valence-corrected chi connectivity index (χ1v) is 9.98. The van der Waals surface area contributed by atoms with E-state index in [-0.39, 0.29) is 17.8 Å². The van der Waals surface area contributed by atoms with Crippen LogP contribution < -0.4 is 26.1 Å². The van der Waals surface area contributed by atoms with Gasteiger partial charge in [0.1, 0.15) is 6.07 Å². The number of benzene rings is 2. The molecule has 2 aliphatic heterocycles. The summed E-state index contributed by atoms with van der Waals surface area (Å²) < 4.78 is 16.6. The SMILES string of the molecule is COc1ccc(C2NNC3OC(N)=C(C#N)C(c4ccc(Cl)cc4Cl)C32)cc1OC. The lowest BCUT2D eigenvalue weighted by molar-refractivity contribution is 0.0341. The smallest absolute Gasteiger partial charge is 0.200 e. The molecule has 2 aromatic carbocycles. The Kier molecular flexibility index (Phi) is 5.67. The molecule has 30 heavy (non-hydrogen) atoms. The highest BCUT2D eigenvalue weighted by atomic mass is 35.5. The molecule has 4 rings (SSSR count). The second kappa shape index (κ2) is 8.25. The Morgan fingerprint density at radius 1 is 1.07 bits per heavy atom. The zero-order chi connectivity index (χ0) is 21.4. The van der Waals surface area contributed by atoms with Crippen LogP contribution in [0.15, 0.2) is 47.9 Å². The fourth-order valence-electron chi connectivity index (χ4n) is 4.15. The van der Waals surface area contributed by atoms with Gasteiger partial charge in [0.05, 0.1) is 25.8 Å². The lowest BCUT2D eigenvalue weighted by atomic mass is 9.74. The molecule has 2 heterocycles. The van der Waals surface area contributed by atoms with Gasteiger partial charge in [0.15, 0.2) is 17.7 Å². The standard InChI is InChI=1S/C21H20Cl2N4O3/c1-28-15-6-3-10(7-16(15)29-2)19-18-17(12-5-4-11(22)8-14(12)23)13(9-24)20(25)30-21(18)27-26-19/h3-8,17-19,21,26-27H,25H2,1-2H3. The Hall–Kier alpha value is -2.63. The Balaban J connectivity index is 1.83. The number of hydrazine groups is 1. The fraction of sp³-hybridized carbons (Fsp3) is 0.286. The predicted molar refractivity (Wildman–Crippen MR) is 113 cm³/mol. The van der Waals surface area contributed by atoms with Crippen molar-refractivity contribution in [2.24, 2.45) is 11.7 Å². The monoisotopic (exact) mass is 446 g/mol. The molecule has 0 aliphatic carbocycles. The molecule has 1 saturated heterocycles. The van der Waals surface area contributed by atoms with Crippen LogP contribution in [0.25, 0.3) is 0 Å². The van der Waals surface area contributed by atoms with Gasteiger partial charge in [0.2, 0.25) is 5.88 Å². The van der Waals surface area contributed by atoms with Crippen molar-refractivity contribution in [1.82, 2.24) is 10.9 Å². The third-order valence-corrected chi connectivity index (χ3v) is 6.08. The van der Waals surface area contributed by atoms with Gasteiger partial charge in [0.25, 0.3) is 0 Å². The molecule has 7 nitrogen and oxygen atoms in total. The second-order valence-electron chi connectivity index (χ2n) is 7.03. The molecule has 9 heteroatoms. The lowest BCUT2D eigenvalue weighted by Gasteiger charge is -2.36. The van der Waals surface area contributed by atoms with E-state index in [0.717, 1.165) is 11.1 Å². The molecule has 0 aromatic heterocycles. The number of allylic oxidation sites excluding steroid dienone is 1. The van der Waals surface area contributed by atoms with Gasteiger partial charge < -0.3 is 19.9 Å². The number of nitrogens with two attached hydrogens (primary N) is 1. The molecule has 0 saturated carbocycles. The van der Waals surface area contributed by atoms with Crippen LogP contribution in [0.3, 0.4) is 0 Å². The van der Waals surface area contributed by atoms with E-state index in [1.807, 2.05) is 24.3 Å². The van der Waals surface area contributed by atoms with Crippen molar-refractivity contribution in [3.05, 3.63) is 69.0 Å². The third-order valence-electron chi connectivity index (χ3n) is 5.52. The molecule has 4 N–H and O–H groups in total. The summed E-state index contributed by atoms with van der Waals surface area (Å²) in [7, 11) is 3.17. The number of fused-ring (bicyclic) bond motifs is 1. The summed E-state index contributed by atoms with van der Waals surface area (Å²) in [5.41, 5.74) is 14.5. The highest BCUT2D eigenvalue weighted by Crippen LogP contribution is 2.49. The number of halogens is 2. The average molecular weight is 447 g/mol. The first-order valence-electron chi connectivity index (χ1n) is 9.22. The maximum Gasteiger partial charge on any atom is 0.200 e. The molecular weight excluding hydrogens is 427 g/mol. The van der Waals surface area contributed by atoms with Crippen LogP contribution in [0.4, 0.5) is 0 Å². The van der Waals surface area contributed by atoms with Crippen LogP contribution in [0.1, 0.15) is 23.1 Å². The topological polar surface area (TPSA) is 102 Å². The number of rotatable bonds is 4. The first-order chi connectivity index (χ1) is 14.5. The molecule has 0 radical (unpaired) electrons. The maximum atomic E-state index is 9.85. The summed E-state index contributed by atoms with van der Waals surface area (Å²) in [6.45, 7) is 0. The van der Waals surface area contributed by atoms with Gasteiger partial charge in [-0.1, -0.05) is 35.3 Å². The molecular formula is C21H20Cl2N4O3. The van der Waals surface area contributed by atoms with Gasteiger partial charge in [-0.05, 0) is 35.4 Å². The molecule has 1 fully saturated rings. The van der Waals surface area contributed by atoms with Gasteiger partial charge in [-0.3, -0.25) is 0 Å². The summed E-state index contributed by atoms with van der Waals surface area (Å²) in [6, 6.07) is 12.9. The summed E-state index contributed by atoms with van der Waals surface area (Å²) in [5, 5.41) is 10.8. The van der Waals surface area contributed by atoms with Gasteiger partial charge in [-0.25, -0.2) is 10.9 Å². The minimum atomic E-state index is -0.461. The van der Waals surface area contributed by atoms with Crippen molar-refractivity contribution in [1.29, 1.82) is 5.26 Å². The number of methoxy groups -OCH3 is 2. The van der Waals surface area contributed by atoms with E-state index < -0.39 is 12.1 Å². The van der Waals surface area contributed by atoms with Gasteiger partial charge in [0, 0.05) is 21.9 Å². The second-order valence-corrected chi connectivity index (χ2v) is 7.87. The quantitative estimate of drug-likeness (QED) is 0.658. The number of nitriles is 1. The third kappa shape index (κ3) is 3.42. The zero-order valence-electron chi connectivity index (χ0n) is 16.3. The molecule has 156 valence electrons. The van der Waals surface area contributed by atoms with Crippen molar-refractivity contribution in [3.63, 3.8) is 0 Å². The van der Waals surface area contributed by atoms with Crippen molar-refractivity contribution >= 4 is 23.2 Å². The summed E-state index contributed by atoms with van der Waals surface area (Å²) in [6.07, 6.45) is -0.461. The van der Waals surface area contributed by atoms with Gasteiger partial charge >= 0.3 is 0 Å². The largest absolute Gasteiger partial charge is 0.493 e. The van der Waals surface area contributed by atoms with Crippen molar-refractivity contribution < 1.29 is 14.2 Å². The van der Waals surface area contributed by atoms with Crippen LogP contribution in [0.5, 0.6) is 11.5 Å². The maximum absolute atomic E-state index is 9.85. The van der Waals surface area contributed by atoms with Crippen molar-refractivity contribution in [3.8, 4) is 17.6 Å². The molecule has 0 bridgehead atoms. The lowest BCUT2D eigenvalue weighted by Crippen LogP contribution is -2.41. The van der Waals surface area contributed by atoms with Crippen LogP contribution in [0.2, 0.25) is 10.0 Å². The van der Waals surface area contributed by atoms with E-state index >= 15 is 0 Å². The minimum absolute atomic E-state index is 0.0806. The number of ether oxygens (including phenoxy) is 3. The minimum Gasteiger partial charge on any atom is -0.493 e. The predicted octanol–water partition coefficient (Wildman–Crippen LogP) is 3.61. The number of hydrogen-bond donors (Lipinski definition) is 3. The Morgan fingerprint density at radius 3 is 2.50 bits per heavy atom. The molecule has 4 unspecified atom stereocenters. The Labute approximate surface area is 184 Å². The normalized spacial score (nSPS) is 25.3. The zero-order valence-corrected chi connectivity index (χ0v) is 17.8. The van der Waals surface area contributed by atoms with Gasteiger partial charge in [-0.2, -0.15) is 5.26 Å². The van der Waals surface area contributed by atoms with E-state index in [1.165, 1.54) is 0 Å². The number of hydrogen-bond acceptors (Lipinski definition) is 7. The van der Waals surface area contributed by atoms with Gasteiger partial charge in [-0.15, -0.1) is 0 Å². The summed E-state index contributed by atoms with van der Waals surface area (Å²) >= 11 is 12.6. The van der Waals surface area contributed by atoms with Crippen LogP contribution in [-0.2, 0) is 4.74 Å². The molecule has 2 aromatic rings. The highest BCUT2D eigenvalue weighted by molar-refractivity contribution is 6.35. The molecule has 0 spiro atoms. The van der Waals surface area contributed by atoms with E-state index in [2.05, 4.69) is 16.9 Å². The average Bonchev–Trinajstić information content (AvgIpc) is 3.16. The molecule has 2 aliphatic rings. The summed E-state index contributed by atoms with van der Waals surface area (Å²) in [5.74, 6) is 0.691. The van der Waals surface area contributed by atoms with E-state index in [4.69, 9.17) is 43.1 Å². The van der Waals surface area contributed by atoms with Crippen LogP contribution >= 0.6 is 23.2 Å². The van der Waals surface area contributed by atoms with E-state index in [9.17, 15) is 5.26 Å². The molecule has 4 atom stereocenters. The van der Waals surface area contributed by atoms with Crippen molar-refractivity contribution in [2.45, 2.75) is 18.2 Å². The Morgan fingerprint density at radius 2 is 1.83 bits per heavy atom. The highest BCUT2D eigenvalue weighted by Gasteiger charge is 2.49.